The smallest absolute Gasteiger partial charge is 0.255 e. The Balaban J connectivity index is 2.36. The Kier molecular flexibility index (Phi) is 2.43. The first-order chi connectivity index (χ1) is 7.20. The first-order valence-electron chi connectivity index (χ1n) is 4.74. The van der Waals surface area contributed by atoms with Gasteiger partial charge in [0.2, 0.25) is 0 Å². The topological polar surface area (TPSA) is 49.6 Å². The number of nitrogens with zero attached hydrogens (tertiary/aromatic N) is 2. The van der Waals surface area contributed by atoms with Crippen molar-refractivity contribution in [3.05, 3.63) is 42.6 Å². The molecule has 1 atom stereocenters. The van der Waals surface area contributed by atoms with E-state index in [2.05, 4.69) is 0 Å². The maximum absolute atomic E-state index is 11.7. The van der Waals surface area contributed by atoms with Crippen molar-refractivity contribution in [2.45, 2.75) is 6.29 Å². The molecule has 0 fully saturated rings. The second kappa shape index (κ2) is 3.74. The van der Waals surface area contributed by atoms with Gasteiger partial charge in [-0.1, -0.05) is 18.2 Å². The average molecular weight is 203 g/mol. The Morgan fingerprint density at radius 2 is 1.93 bits per heavy atom. The Labute approximate surface area is 88.6 Å². The van der Waals surface area contributed by atoms with Crippen molar-refractivity contribution in [2.75, 3.05) is 11.9 Å². The molecule has 2 rings (SSSR count). The predicted octanol–water partition coefficient (Wildman–Crippen LogP) is 0.721. The van der Waals surface area contributed by atoms with Crippen LogP contribution >= 0.6 is 0 Å². The van der Waals surface area contributed by atoms with Crippen LogP contribution in [-0.2, 0) is 4.79 Å². The second-order valence-corrected chi connectivity index (χ2v) is 3.44. The highest BCUT2D eigenvalue weighted by molar-refractivity contribution is 6.02. The molecule has 4 nitrogen and oxygen atoms in total. The molecule has 78 valence electrons. The van der Waals surface area contributed by atoms with Gasteiger partial charge in [-0.2, -0.15) is 0 Å². The zero-order chi connectivity index (χ0) is 10.8. The van der Waals surface area contributed by atoms with Gasteiger partial charge in [-0.25, -0.2) is 0 Å². The number of carbonyl (C=O) groups is 1. The highest BCUT2D eigenvalue weighted by Gasteiger charge is 2.25. The van der Waals surface area contributed by atoms with E-state index in [9.17, 15) is 4.79 Å². The number of carbonyl (C=O) groups excluding carboxylic acids is 1. The van der Waals surface area contributed by atoms with E-state index in [-0.39, 0.29) is 5.91 Å². The molecule has 1 amide bonds. The third kappa shape index (κ3) is 1.71. The van der Waals surface area contributed by atoms with E-state index in [0.29, 0.717) is 0 Å². The van der Waals surface area contributed by atoms with Gasteiger partial charge < -0.3 is 4.90 Å². The first-order valence-corrected chi connectivity index (χ1v) is 4.74. The number of rotatable bonds is 1. The lowest BCUT2D eigenvalue weighted by Crippen LogP contribution is -2.55. The number of hydrogen-bond acceptors (Lipinski definition) is 3. The minimum absolute atomic E-state index is 0.0909. The molecule has 0 saturated carbocycles. The van der Waals surface area contributed by atoms with Crippen LogP contribution in [0.5, 0.6) is 0 Å². The van der Waals surface area contributed by atoms with Crippen molar-refractivity contribution in [3.8, 4) is 0 Å². The SMILES string of the molecule is CN1C=CC(=O)N(c2ccccc2)C1N. The van der Waals surface area contributed by atoms with Crippen LogP contribution in [-0.4, -0.2) is 24.1 Å². The van der Waals surface area contributed by atoms with Crippen LogP contribution in [0.2, 0.25) is 0 Å². The van der Waals surface area contributed by atoms with Gasteiger partial charge in [0.05, 0.1) is 0 Å². The minimum Gasteiger partial charge on any atom is -0.348 e. The summed E-state index contributed by atoms with van der Waals surface area (Å²) in [5.74, 6) is -0.0909. The van der Waals surface area contributed by atoms with E-state index in [1.807, 2.05) is 37.4 Å². The first kappa shape index (κ1) is 9.73. The predicted molar refractivity (Wildman–Crippen MR) is 58.8 cm³/mol. The molecule has 1 unspecified atom stereocenters. The lowest BCUT2D eigenvalue weighted by Gasteiger charge is -2.36. The minimum atomic E-state index is -0.440. The molecule has 0 aliphatic carbocycles. The van der Waals surface area contributed by atoms with Gasteiger partial charge in [0.1, 0.15) is 0 Å². The molecule has 15 heavy (non-hydrogen) atoms. The molecular weight excluding hydrogens is 190 g/mol. The lowest BCUT2D eigenvalue weighted by molar-refractivity contribution is -0.115. The molecule has 0 spiro atoms. The normalized spacial score (nSPS) is 20.9. The van der Waals surface area contributed by atoms with E-state index in [1.54, 1.807) is 16.0 Å². The van der Waals surface area contributed by atoms with Crippen molar-refractivity contribution in [1.82, 2.24) is 4.90 Å². The summed E-state index contributed by atoms with van der Waals surface area (Å²) in [6.07, 6.45) is 2.76. The van der Waals surface area contributed by atoms with Gasteiger partial charge in [0, 0.05) is 25.0 Å². The number of nitrogens with two attached hydrogens (primary N) is 1. The summed E-state index contributed by atoms with van der Waals surface area (Å²) in [7, 11) is 1.84. The van der Waals surface area contributed by atoms with Crippen LogP contribution < -0.4 is 10.6 Å². The monoisotopic (exact) mass is 203 g/mol. The van der Waals surface area contributed by atoms with Crippen LogP contribution in [0.25, 0.3) is 0 Å². The standard InChI is InChI=1S/C11H13N3O/c1-13-8-7-10(15)14(11(13)12)9-5-3-2-4-6-9/h2-8,11H,12H2,1H3. The van der Waals surface area contributed by atoms with Crippen LogP contribution in [0, 0.1) is 0 Å². The van der Waals surface area contributed by atoms with Gasteiger partial charge >= 0.3 is 0 Å². The summed E-state index contributed by atoms with van der Waals surface area (Å²) in [4.78, 5) is 15.0. The molecule has 1 heterocycles. The van der Waals surface area contributed by atoms with Crippen molar-refractivity contribution in [1.29, 1.82) is 0 Å². The van der Waals surface area contributed by atoms with E-state index in [1.165, 1.54) is 6.08 Å². The number of hydrogen-bond donors (Lipinski definition) is 1. The molecule has 4 heteroatoms. The summed E-state index contributed by atoms with van der Waals surface area (Å²) >= 11 is 0. The zero-order valence-corrected chi connectivity index (χ0v) is 8.50. The van der Waals surface area contributed by atoms with Crippen molar-refractivity contribution in [2.24, 2.45) is 5.73 Å². The van der Waals surface area contributed by atoms with Crippen LogP contribution in [0.3, 0.4) is 0 Å². The van der Waals surface area contributed by atoms with Gasteiger partial charge in [0.25, 0.3) is 5.91 Å². The molecule has 1 aromatic carbocycles. The molecule has 1 aromatic rings. The third-order valence-electron chi connectivity index (χ3n) is 2.41. The largest absolute Gasteiger partial charge is 0.348 e. The van der Waals surface area contributed by atoms with E-state index in [4.69, 9.17) is 5.73 Å². The van der Waals surface area contributed by atoms with Crippen LogP contribution in [0.15, 0.2) is 42.6 Å². The molecule has 0 bridgehead atoms. The Hall–Kier alpha value is -1.81. The Morgan fingerprint density at radius 1 is 1.27 bits per heavy atom. The van der Waals surface area contributed by atoms with Crippen molar-refractivity contribution >= 4 is 11.6 Å². The number of amides is 1. The zero-order valence-electron chi connectivity index (χ0n) is 8.50. The summed E-state index contributed by atoms with van der Waals surface area (Å²) < 4.78 is 0. The molecule has 2 N–H and O–H groups in total. The van der Waals surface area contributed by atoms with Gasteiger partial charge in [-0.05, 0) is 12.1 Å². The van der Waals surface area contributed by atoms with Crippen LogP contribution in [0.4, 0.5) is 5.69 Å². The van der Waals surface area contributed by atoms with E-state index in [0.717, 1.165) is 5.69 Å². The van der Waals surface area contributed by atoms with Crippen molar-refractivity contribution < 1.29 is 4.79 Å². The summed E-state index contributed by atoms with van der Waals surface area (Å²) in [5.41, 5.74) is 6.74. The van der Waals surface area contributed by atoms with E-state index < -0.39 is 6.29 Å². The average Bonchev–Trinajstić information content (AvgIpc) is 2.26. The molecule has 0 aromatic heterocycles. The fourth-order valence-electron chi connectivity index (χ4n) is 1.53. The number of benzene rings is 1. The lowest BCUT2D eigenvalue weighted by atomic mass is 10.2. The molecule has 0 radical (unpaired) electrons. The summed E-state index contributed by atoms with van der Waals surface area (Å²) in [6.45, 7) is 0. The van der Waals surface area contributed by atoms with Gasteiger partial charge in [-0.3, -0.25) is 15.4 Å². The Bertz CT molecular complexity index is 388. The summed E-state index contributed by atoms with van der Waals surface area (Å²) in [5, 5.41) is 0. The quantitative estimate of drug-likeness (QED) is 0.731. The van der Waals surface area contributed by atoms with E-state index >= 15 is 0 Å². The Morgan fingerprint density at radius 3 is 2.60 bits per heavy atom. The molecular formula is C11H13N3O. The maximum atomic E-state index is 11.7. The third-order valence-corrected chi connectivity index (χ3v) is 2.41. The molecule has 0 saturated heterocycles. The van der Waals surface area contributed by atoms with Gasteiger partial charge in [0.15, 0.2) is 6.29 Å². The molecule has 1 aliphatic heterocycles. The van der Waals surface area contributed by atoms with Crippen LogP contribution in [0.1, 0.15) is 0 Å². The number of anilines is 1. The highest BCUT2D eigenvalue weighted by Crippen LogP contribution is 2.19. The summed E-state index contributed by atoms with van der Waals surface area (Å²) in [6, 6.07) is 9.40. The van der Waals surface area contributed by atoms with Crippen molar-refractivity contribution in [3.63, 3.8) is 0 Å². The maximum Gasteiger partial charge on any atom is 0.255 e. The molecule has 1 aliphatic rings. The second-order valence-electron chi connectivity index (χ2n) is 3.44. The fourth-order valence-corrected chi connectivity index (χ4v) is 1.53. The highest BCUT2D eigenvalue weighted by atomic mass is 16.2. The van der Waals surface area contributed by atoms with Gasteiger partial charge in [-0.15, -0.1) is 0 Å². The fraction of sp³-hybridized carbons (Fsp3) is 0.182. The number of para-hydroxylation sites is 1.